The van der Waals surface area contributed by atoms with Gasteiger partial charge in [0.25, 0.3) is 0 Å². The summed E-state index contributed by atoms with van der Waals surface area (Å²) in [5.74, 6) is 0. The Labute approximate surface area is 323 Å². The quantitative estimate of drug-likeness (QED) is 0.167. The van der Waals surface area contributed by atoms with Crippen molar-refractivity contribution >= 4 is 54.4 Å². The monoisotopic (exact) mass is 712 g/mol. The molecule has 0 aliphatic heterocycles. The highest BCUT2D eigenvalue weighted by Gasteiger charge is 2.11. The van der Waals surface area contributed by atoms with E-state index in [0.717, 1.165) is 99.3 Å². The molecule has 0 saturated heterocycles. The van der Waals surface area contributed by atoms with E-state index in [1.165, 1.54) is 11.1 Å². The molecule has 4 heteroatoms. The third-order valence-electron chi connectivity index (χ3n) is 10.9. The van der Waals surface area contributed by atoms with E-state index in [0.29, 0.717) is 0 Å². The van der Waals surface area contributed by atoms with Gasteiger partial charge < -0.3 is 0 Å². The first kappa shape index (κ1) is 31.9. The molecular weight excluding hydrogens is 681 g/mol. The van der Waals surface area contributed by atoms with Crippen molar-refractivity contribution in [2.75, 3.05) is 0 Å². The fraction of sp³-hybridized carbons (Fsp3) is 0. The number of nitrogens with zero attached hydrogens (tertiary/aromatic N) is 4. The van der Waals surface area contributed by atoms with Crippen LogP contribution < -0.4 is 0 Å². The van der Waals surface area contributed by atoms with Crippen LogP contribution in [0.4, 0.5) is 0 Å². The summed E-state index contributed by atoms with van der Waals surface area (Å²) in [7, 11) is 0. The molecule has 0 saturated carbocycles. The van der Waals surface area contributed by atoms with Gasteiger partial charge in [0, 0.05) is 44.4 Å². The normalized spacial score (nSPS) is 11.6. The molecule has 7 aromatic carbocycles. The zero-order chi connectivity index (χ0) is 37.0. The van der Waals surface area contributed by atoms with Crippen LogP contribution in [-0.2, 0) is 0 Å². The summed E-state index contributed by atoms with van der Waals surface area (Å²) in [5.41, 5.74) is 14.6. The van der Waals surface area contributed by atoms with Crippen LogP contribution in [0.2, 0.25) is 0 Å². The molecule has 0 fully saturated rings. The third kappa shape index (κ3) is 5.72. The van der Waals surface area contributed by atoms with E-state index in [-0.39, 0.29) is 0 Å². The van der Waals surface area contributed by atoms with E-state index < -0.39 is 0 Å². The van der Waals surface area contributed by atoms with Crippen molar-refractivity contribution in [3.05, 3.63) is 194 Å². The van der Waals surface area contributed by atoms with Gasteiger partial charge in [-0.1, -0.05) is 133 Å². The molecule has 0 unspecified atom stereocenters. The van der Waals surface area contributed by atoms with E-state index in [2.05, 4.69) is 181 Å². The Balaban J connectivity index is 0.869. The Morgan fingerprint density at radius 2 is 0.750 bits per heavy atom. The van der Waals surface area contributed by atoms with E-state index in [9.17, 15) is 0 Å². The molecule has 56 heavy (non-hydrogen) atoms. The summed E-state index contributed by atoms with van der Waals surface area (Å²) in [6.07, 6.45) is 1.83. The van der Waals surface area contributed by atoms with Crippen LogP contribution in [0.25, 0.3) is 110 Å². The molecule has 0 atom stereocenters. The summed E-state index contributed by atoms with van der Waals surface area (Å²) in [5, 5.41) is 6.72. The molecule has 260 valence electrons. The van der Waals surface area contributed by atoms with Crippen molar-refractivity contribution in [1.82, 2.24) is 19.9 Å². The van der Waals surface area contributed by atoms with Crippen molar-refractivity contribution in [1.29, 1.82) is 0 Å². The van der Waals surface area contributed by atoms with Gasteiger partial charge in [-0.3, -0.25) is 4.98 Å². The first-order chi connectivity index (χ1) is 27.7. The molecule has 0 amide bonds. The molecule has 0 radical (unpaired) electrons. The van der Waals surface area contributed by atoms with Gasteiger partial charge in [-0.15, -0.1) is 0 Å². The Morgan fingerprint density at radius 3 is 1.54 bits per heavy atom. The van der Waals surface area contributed by atoms with Crippen molar-refractivity contribution in [3.63, 3.8) is 0 Å². The number of pyridine rings is 4. The number of rotatable bonds is 5. The Kier molecular flexibility index (Phi) is 7.46. The summed E-state index contributed by atoms with van der Waals surface area (Å²) in [6, 6.07) is 66.3. The lowest BCUT2D eigenvalue weighted by atomic mass is 9.99. The van der Waals surface area contributed by atoms with Gasteiger partial charge in [0.15, 0.2) is 0 Å². The Hall–Kier alpha value is -7.56. The average molecular weight is 713 g/mol. The molecule has 0 spiro atoms. The standard InChI is InChI=1S/C52H32N4/c1-2-5-33(6-3-1)34-8-10-35(11-9-34)46-27-23-45-31-41(22-26-47(45)54-46)42-15-12-36-20-24-48(55-50(36)32-42)43-18-16-40-30-44(19-17-39(40)29-43)49-25-21-38-14-13-37-7-4-28-53-51(37)52(38)56-49/h1-32H. The summed E-state index contributed by atoms with van der Waals surface area (Å²) in [4.78, 5) is 19.9. The predicted molar refractivity (Wildman–Crippen MR) is 232 cm³/mol. The van der Waals surface area contributed by atoms with Crippen LogP contribution in [0.1, 0.15) is 0 Å². The third-order valence-corrected chi connectivity index (χ3v) is 10.9. The maximum absolute atomic E-state index is 5.16. The lowest BCUT2D eigenvalue weighted by Crippen LogP contribution is -1.89. The first-order valence-corrected chi connectivity index (χ1v) is 18.9. The van der Waals surface area contributed by atoms with Crippen LogP contribution in [0.3, 0.4) is 0 Å². The Morgan fingerprint density at radius 1 is 0.250 bits per heavy atom. The topological polar surface area (TPSA) is 51.6 Å². The second-order valence-corrected chi connectivity index (χ2v) is 14.3. The number of aromatic nitrogens is 4. The van der Waals surface area contributed by atoms with Gasteiger partial charge in [0.2, 0.25) is 0 Å². The van der Waals surface area contributed by atoms with E-state index >= 15 is 0 Å². The highest BCUT2D eigenvalue weighted by atomic mass is 14.8. The molecule has 0 aliphatic carbocycles. The largest absolute Gasteiger partial charge is 0.254 e. The zero-order valence-corrected chi connectivity index (χ0v) is 30.3. The van der Waals surface area contributed by atoms with Crippen molar-refractivity contribution in [2.24, 2.45) is 0 Å². The molecular formula is C52H32N4. The number of benzene rings is 7. The van der Waals surface area contributed by atoms with Crippen LogP contribution in [-0.4, -0.2) is 19.9 Å². The minimum Gasteiger partial charge on any atom is -0.254 e. The molecule has 4 heterocycles. The second-order valence-electron chi connectivity index (χ2n) is 14.3. The average Bonchev–Trinajstić information content (AvgIpc) is 3.28. The second kappa shape index (κ2) is 13.1. The minimum absolute atomic E-state index is 0.926. The molecule has 11 aromatic rings. The van der Waals surface area contributed by atoms with Gasteiger partial charge in [0.05, 0.1) is 39.1 Å². The highest BCUT2D eigenvalue weighted by molar-refractivity contribution is 6.03. The molecule has 0 bridgehead atoms. The zero-order valence-electron chi connectivity index (χ0n) is 30.3. The van der Waals surface area contributed by atoms with Crippen molar-refractivity contribution in [3.8, 4) is 56.0 Å². The molecule has 0 aliphatic rings. The van der Waals surface area contributed by atoms with Gasteiger partial charge in [-0.2, -0.15) is 0 Å². The lowest BCUT2D eigenvalue weighted by Gasteiger charge is -2.10. The smallest absolute Gasteiger partial charge is 0.0972 e. The molecule has 0 N–H and O–H groups in total. The SMILES string of the molecule is c1ccc(-c2ccc(-c3ccc4cc(-c5ccc6ccc(-c7ccc8cc(-c9ccc%10ccc%11cccnc%11c%10n9)ccc8c7)nc6c5)ccc4n3)cc2)cc1. The van der Waals surface area contributed by atoms with Crippen molar-refractivity contribution in [2.45, 2.75) is 0 Å². The molecule has 4 aromatic heterocycles. The summed E-state index contributed by atoms with van der Waals surface area (Å²) < 4.78 is 0. The van der Waals surface area contributed by atoms with Crippen LogP contribution >= 0.6 is 0 Å². The predicted octanol–water partition coefficient (Wildman–Crippen LogP) is 13.4. The number of fused-ring (bicyclic) bond motifs is 6. The fourth-order valence-electron chi connectivity index (χ4n) is 7.84. The minimum atomic E-state index is 0.926. The number of hydrogen-bond acceptors (Lipinski definition) is 4. The van der Waals surface area contributed by atoms with Crippen LogP contribution in [0.5, 0.6) is 0 Å². The van der Waals surface area contributed by atoms with Gasteiger partial charge in [-0.25, -0.2) is 15.0 Å². The van der Waals surface area contributed by atoms with Gasteiger partial charge in [-0.05, 0) is 87.6 Å². The van der Waals surface area contributed by atoms with Crippen LogP contribution in [0.15, 0.2) is 194 Å². The van der Waals surface area contributed by atoms with E-state index in [1.54, 1.807) is 0 Å². The molecule has 4 nitrogen and oxygen atoms in total. The lowest BCUT2D eigenvalue weighted by molar-refractivity contribution is 1.37. The van der Waals surface area contributed by atoms with E-state index in [4.69, 9.17) is 15.0 Å². The van der Waals surface area contributed by atoms with E-state index in [1.807, 2.05) is 18.3 Å². The van der Waals surface area contributed by atoms with Crippen LogP contribution in [0, 0.1) is 0 Å². The number of hydrogen-bond donors (Lipinski definition) is 0. The summed E-state index contributed by atoms with van der Waals surface area (Å²) in [6.45, 7) is 0. The molecule has 11 rings (SSSR count). The highest BCUT2D eigenvalue weighted by Crippen LogP contribution is 2.33. The maximum atomic E-state index is 5.16. The van der Waals surface area contributed by atoms with Gasteiger partial charge in [0.1, 0.15) is 0 Å². The van der Waals surface area contributed by atoms with Gasteiger partial charge >= 0.3 is 0 Å². The Bertz CT molecular complexity index is 3300. The maximum Gasteiger partial charge on any atom is 0.0972 e. The fourth-order valence-corrected chi connectivity index (χ4v) is 7.84. The first-order valence-electron chi connectivity index (χ1n) is 18.9. The summed E-state index contributed by atoms with van der Waals surface area (Å²) >= 11 is 0. The van der Waals surface area contributed by atoms with Crippen molar-refractivity contribution < 1.29 is 0 Å².